The molecule has 0 unspecified atom stereocenters. The number of fused-ring (bicyclic) bond motifs is 1. The Morgan fingerprint density at radius 3 is 2.58 bits per heavy atom. The van der Waals surface area contributed by atoms with E-state index in [0.717, 1.165) is 21.7 Å². The maximum atomic E-state index is 12.1. The van der Waals surface area contributed by atoms with E-state index in [1.54, 1.807) is 14.2 Å². The van der Waals surface area contributed by atoms with Crippen molar-refractivity contribution in [2.75, 3.05) is 26.1 Å². The van der Waals surface area contributed by atoms with Crippen LogP contribution in [0.1, 0.15) is 12.8 Å². The number of methoxy groups -OCH3 is 2. The maximum absolute atomic E-state index is 12.1. The number of rotatable bonds is 8. The van der Waals surface area contributed by atoms with Crippen molar-refractivity contribution in [1.29, 1.82) is 0 Å². The smallest absolute Gasteiger partial charge is 0.226 e. The number of nitrogens with zero attached hydrogens (tertiary/aromatic N) is 1. The Morgan fingerprint density at radius 2 is 1.85 bits per heavy atom. The molecule has 0 atom stereocenters. The summed E-state index contributed by atoms with van der Waals surface area (Å²) < 4.78 is 17.0. The van der Waals surface area contributed by atoms with Crippen molar-refractivity contribution >= 4 is 32.6 Å². The van der Waals surface area contributed by atoms with Gasteiger partial charge in [0, 0.05) is 6.42 Å². The third-order valence-corrected chi connectivity index (χ3v) is 4.66. The van der Waals surface area contributed by atoms with Crippen LogP contribution in [0.5, 0.6) is 17.2 Å². The highest BCUT2D eigenvalue weighted by Crippen LogP contribution is 2.32. The summed E-state index contributed by atoms with van der Waals surface area (Å²) in [6.07, 6.45) is 0.981. The Hall–Kier alpha value is -2.80. The van der Waals surface area contributed by atoms with Crippen LogP contribution in [0.25, 0.3) is 10.2 Å². The van der Waals surface area contributed by atoms with E-state index in [4.69, 9.17) is 14.2 Å². The number of para-hydroxylation sites is 1. The first-order chi connectivity index (χ1) is 12.7. The number of anilines is 1. The molecule has 0 bridgehead atoms. The van der Waals surface area contributed by atoms with E-state index in [2.05, 4.69) is 10.3 Å². The molecule has 7 heteroatoms. The molecular formula is C19H20N2O4S. The van der Waals surface area contributed by atoms with Crippen LogP contribution in [0.15, 0.2) is 42.5 Å². The number of aromatic nitrogens is 1. The zero-order chi connectivity index (χ0) is 18.4. The summed E-state index contributed by atoms with van der Waals surface area (Å²) >= 11 is 1.43. The Kier molecular flexibility index (Phi) is 5.91. The number of hydrogen-bond donors (Lipinski definition) is 1. The Morgan fingerprint density at radius 1 is 1.08 bits per heavy atom. The Bertz CT molecular complexity index is 877. The minimum Gasteiger partial charge on any atom is -0.497 e. The lowest BCUT2D eigenvalue weighted by Gasteiger charge is -2.07. The summed E-state index contributed by atoms with van der Waals surface area (Å²) in [6, 6.07) is 13.1. The lowest BCUT2D eigenvalue weighted by atomic mass is 10.3. The molecule has 1 amide bonds. The van der Waals surface area contributed by atoms with Crippen molar-refractivity contribution in [3.63, 3.8) is 0 Å². The van der Waals surface area contributed by atoms with Gasteiger partial charge >= 0.3 is 0 Å². The molecule has 3 rings (SSSR count). The number of benzene rings is 2. The molecule has 2 aromatic carbocycles. The summed E-state index contributed by atoms with van der Waals surface area (Å²) in [5.74, 6) is 2.15. The number of thiazole rings is 1. The Balaban J connectivity index is 1.46. The third-order valence-electron chi connectivity index (χ3n) is 3.72. The zero-order valence-corrected chi connectivity index (χ0v) is 15.5. The third kappa shape index (κ3) is 4.43. The largest absolute Gasteiger partial charge is 0.497 e. The van der Waals surface area contributed by atoms with Gasteiger partial charge in [-0.25, -0.2) is 4.98 Å². The monoisotopic (exact) mass is 372 g/mol. The fourth-order valence-electron chi connectivity index (χ4n) is 2.42. The molecule has 0 saturated carbocycles. The normalized spacial score (nSPS) is 10.5. The van der Waals surface area contributed by atoms with Gasteiger partial charge in [-0.3, -0.25) is 4.79 Å². The molecule has 1 N–H and O–H groups in total. The zero-order valence-electron chi connectivity index (χ0n) is 14.7. The van der Waals surface area contributed by atoms with Crippen molar-refractivity contribution in [2.24, 2.45) is 0 Å². The predicted molar refractivity (Wildman–Crippen MR) is 103 cm³/mol. The highest BCUT2D eigenvalue weighted by atomic mass is 32.1. The van der Waals surface area contributed by atoms with E-state index in [9.17, 15) is 4.79 Å². The van der Waals surface area contributed by atoms with Gasteiger partial charge in [0.15, 0.2) is 5.13 Å². The maximum Gasteiger partial charge on any atom is 0.226 e. The lowest BCUT2D eigenvalue weighted by Crippen LogP contribution is -2.12. The molecule has 6 nitrogen and oxygen atoms in total. The first kappa shape index (κ1) is 18.0. The topological polar surface area (TPSA) is 69.7 Å². The molecular weight excluding hydrogens is 352 g/mol. The second kappa shape index (κ2) is 8.53. The van der Waals surface area contributed by atoms with Crippen LogP contribution in [0.4, 0.5) is 5.13 Å². The molecule has 1 heterocycles. The fourth-order valence-corrected chi connectivity index (χ4v) is 3.32. The van der Waals surface area contributed by atoms with Crippen LogP contribution < -0.4 is 19.5 Å². The summed E-state index contributed by atoms with van der Waals surface area (Å²) in [5, 5.41) is 3.41. The van der Waals surface area contributed by atoms with E-state index in [1.807, 2.05) is 42.5 Å². The van der Waals surface area contributed by atoms with E-state index >= 15 is 0 Å². The number of carbonyl (C=O) groups excluding carboxylic acids is 1. The van der Waals surface area contributed by atoms with Gasteiger partial charge in [-0.2, -0.15) is 0 Å². The molecule has 26 heavy (non-hydrogen) atoms. The SMILES string of the molecule is COc1ccc(OCCCC(=O)Nc2nc3c(OC)cccc3s2)cc1. The van der Waals surface area contributed by atoms with E-state index < -0.39 is 0 Å². The highest BCUT2D eigenvalue weighted by Gasteiger charge is 2.10. The quantitative estimate of drug-likeness (QED) is 0.603. The highest BCUT2D eigenvalue weighted by molar-refractivity contribution is 7.22. The van der Waals surface area contributed by atoms with E-state index in [0.29, 0.717) is 30.3 Å². The fraction of sp³-hybridized carbons (Fsp3) is 0.263. The lowest BCUT2D eigenvalue weighted by molar-refractivity contribution is -0.116. The van der Waals surface area contributed by atoms with Crippen LogP contribution >= 0.6 is 11.3 Å². The number of amides is 1. The van der Waals surface area contributed by atoms with Crippen molar-refractivity contribution < 1.29 is 19.0 Å². The minimum absolute atomic E-state index is 0.0821. The van der Waals surface area contributed by atoms with Gasteiger partial charge in [0.2, 0.25) is 5.91 Å². The van der Waals surface area contributed by atoms with E-state index in [-0.39, 0.29) is 5.91 Å². The molecule has 0 spiro atoms. The molecule has 0 radical (unpaired) electrons. The van der Waals surface area contributed by atoms with Gasteiger partial charge in [0.05, 0.1) is 25.5 Å². The van der Waals surface area contributed by atoms with Crippen LogP contribution in [0.2, 0.25) is 0 Å². The molecule has 1 aromatic heterocycles. The van der Waals surface area contributed by atoms with Crippen LogP contribution in [0.3, 0.4) is 0 Å². The molecule has 0 aliphatic carbocycles. The summed E-state index contributed by atoms with van der Waals surface area (Å²) in [4.78, 5) is 16.5. The van der Waals surface area contributed by atoms with Crippen LogP contribution in [-0.4, -0.2) is 31.7 Å². The molecule has 0 aliphatic heterocycles. The molecule has 0 fully saturated rings. The molecule has 0 aliphatic rings. The average molecular weight is 372 g/mol. The molecule has 0 saturated heterocycles. The number of hydrogen-bond acceptors (Lipinski definition) is 6. The average Bonchev–Trinajstić information content (AvgIpc) is 3.08. The first-order valence-corrected chi connectivity index (χ1v) is 9.01. The molecule has 136 valence electrons. The van der Waals surface area contributed by atoms with Crippen molar-refractivity contribution in [1.82, 2.24) is 4.98 Å². The van der Waals surface area contributed by atoms with Crippen molar-refractivity contribution in [3.8, 4) is 17.2 Å². The number of nitrogens with one attached hydrogen (secondary N) is 1. The van der Waals surface area contributed by atoms with Crippen LogP contribution in [-0.2, 0) is 4.79 Å². The predicted octanol–water partition coefficient (Wildman–Crippen LogP) is 4.11. The summed E-state index contributed by atoms with van der Waals surface area (Å²) in [7, 11) is 3.23. The summed E-state index contributed by atoms with van der Waals surface area (Å²) in [5.41, 5.74) is 0.762. The van der Waals surface area contributed by atoms with Gasteiger partial charge in [-0.05, 0) is 42.8 Å². The van der Waals surface area contributed by atoms with Gasteiger partial charge in [0.1, 0.15) is 22.8 Å². The second-order valence-corrected chi connectivity index (χ2v) is 6.53. The van der Waals surface area contributed by atoms with E-state index in [1.165, 1.54) is 11.3 Å². The molecule has 3 aromatic rings. The second-order valence-electron chi connectivity index (χ2n) is 5.50. The minimum atomic E-state index is -0.0821. The van der Waals surface area contributed by atoms with Crippen molar-refractivity contribution in [3.05, 3.63) is 42.5 Å². The number of ether oxygens (including phenoxy) is 3. The van der Waals surface area contributed by atoms with Crippen molar-refractivity contribution in [2.45, 2.75) is 12.8 Å². The van der Waals surface area contributed by atoms with Gasteiger partial charge in [-0.1, -0.05) is 17.4 Å². The summed E-state index contributed by atoms with van der Waals surface area (Å²) in [6.45, 7) is 0.466. The standard InChI is InChI=1S/C19H20N2O4S/c1-23-13-8-10-14(11-9-13)25-12-4-7-17(22)20-19-21-18-15(24-2)5-3-6-16(18)26-19/h3,5-6,8-11H,4,7,12H2,1-2H3,(H,20,21,22). The van der Waals surface area contributed by atoms with Crippen LogP contribution in [0, 0.1) is 0 Å². The van der Waals surface area contributed by atoms with Gasteiger partial charge in [0.25, 0.3) is 0 Å². The van der Waals surface area contributed by atoms with Gasteiger partial charge in [-0.15, -0.1) is 0 Å². The Labute approximate surface area is 155 Å². The number of carbonyl (C=O) groups is 1. The van der Waals surface area contributed by atoms with Gasteiger partial charge < -0.3 is 19.5 Å². The first-order valence-electron chi connectivity index (χ1n) is 8.20.